The molecular formula is C11H6F21NO3S. The van der Waals surface area contributed by atoms with Crippen LogP contribution in [-0.2, 0) is 10.1 Å². The highest BCUT2D eigenvalue weighted by Crippen LogP contribution is 2.66. The van der Waals surface area contributed by atoms with Gasteiger partial charge in [-0.3, -0.25) is 4.55 Å². The summed E-state index contributed by atoms with van der Waals surface area (Å²) in [5.74, 6) is -79.2. The van der Waals surface area contributed by atoms with E-state index in [9.17, 15) is 101 Å². The molecule has 0 saturated heterocycles. The van der Waals surface area contributed by atoms with E-state index in [2.05, 4.69) is 0 Å². The van der Waals surface area contributed by atoms with Crippen molar-refractivity contribution in [3.8, 4) is 0 Å². The van der Waals surface area contributed by atoms with Crippen molar-refractivity contribution in [2.75, 3.05) is 6.67 Å². The van der Waals surface area contributed by atoms with Gasteiger partial charge in [0.2, 0.25) is 0 Å². The number of halogens is 21. The average molecular weight is 631 g/mol. The molecule has 0 rings (SSSR count). The third-order valence-electron chi connectivity index (χ3n) is 4.08. The van der Waals surface area contributed by atoms with E-state index in [0.717, 1.165) is 0 Å². The van der Waals surface area contributed by atoms with Crippen molar-refractivity contribution in [3.63, 3.8) is 0 Å². The van der Waals surface area contributed by atoms with Crippen LogP contribution in [0.4, 0.5) is 92.2 Å². The summed E-state index contributed by atoms with van der Waals surface area (Å²) >= 11 is 0. The lowest BCUT2D eigenvalue weighted by molar-refractivity contribution is -0.466. The SMILES string of the molecule is N.O=S(=O)(O)C(F)(F)C(F)(F)C(F)(F)C(F)(F)C(F)(F)C(F)(F)C(F)(F)C(F)(F)C(F)(F)C(F)(F)CF. The first kappa shape index (κ1) is 37.6. The summed E-state index contributed by atoms with van der Waals surface area (Å²) in [5, 5.41) is -8.05. The predicted octanol–water partition coefficient (Wildman–Crippen LogP) is 6.32. The molecule has 0 aromatic carbocycles. The molecule has 0 heterocycles. The highest BCUT2D eigenvalue weighted by Gasteiger charge is 2.98. The number of hydrogen-bond acceptors (Lipinski definition) is 3. The van der Waals surface area contributed by atoms with Gasteiger partial charge < -0.3 is 6.15 Å². The second-order valence-corrected chi connectivity index (χ2v) is 7.89. The molecule has 0 aromatic rings. The second-order valence-electron chi connectivity index (χ2n) is 6.43. The molecule has 0 aliphatic rings. The lowest BCUT2D eigenvalue weighted by Crippen LogP contribution is -2.77. The monoisotopic (exact) mass is 631 g/mol. The largest absolute Gasteiger partial charge is 0.438 e. The van der Waals surface area contributed by atoms with E-state index in [0.29, 0.717) is 0 Å². The van der Waals surface area contributed by atoms with Gasteiger partial charge in [0.05, 0.1) is 0 Å². The van der Waals surface area contributed by atoms with Gasteiger partial charge >= 0.3 is 68.7 Å². The Labute approximate surface area is 188 Å². The van der Waals surface area contributed by atoms with Gasteiger partial charge in [-0.25, -0.2) is 4.39 Å². The van der Waals surface area contributed by atoms with Gasteiger partial charge in [-0.1, -0.05) is 0 Å². The Morgan fingerprint density at radius 3 is 0.811 bits per heavy atom. The van der Waals surface area contributed by atoms with E-state index in [4.69, 9.17) is 4.55 Å². The van der Waals surface area contributed by atoms with E-state index in [1.165, 1.54) is 0 Å². The van der Waals surface area contributed by atoms with Gasteiger partial charge in [-0.2, -0.15) is 96.2 Å². The van der Waals surface area contributed by atoms with Gasteiger partial charge in [0.15, 0.2) is 6.67 Å². The van der Waals surface area contributed by atoms with Crippen molar-refractivity contribution >= 4 is 10.1 Å². The van der Waals surface area contributed by atoms with Crippen molar-refractivity contribution in [1.29, 1.82) is 0 Å². The van der Waals surface area contributed by atoms with Crippen LogP contribution in [0.5, 0.6) is 0 Å². The minimum atomic E-state index is -9.35. The maximum absolute atomic E-state index is 13.4. The summed E-state index contributed by atoms with van der Waals surface area (Å²) in [6, 6.07) is 0. The third-order valence-corrected chi connectivity index (χ3v) is 4.98. The van der Waals surface area contributed by atoms with Crippen LogP contribution in [0.2, 0.25) is 0 Å². The van der Waals surface area contributed by atoms with Gasteiger partial charge in [0, 0.05) is 0 Å². The van der Waals surface area contributed by atoms with Gasteiger partial charge in [0.1, 0.15) is 0 Å². The van der Waals surface area contributed by atoms with Crippen LogP contribution < -0.4 is 6.15 Å². The molecule has 0 aromatic heterocycles. The van der Waals surface area contributed by atoms with Crippen molar-refractivity contribution < 1.29 is 105 Å². The van der Waals surface area contributed by atoms with Crippen molar-refractivity contribution in [3.05, 3.63) is 0 Å². The molecule has 0 unspecified atom stereocenters. The number of hydrogen-bond donors (Lipinski definition) is 2. The summed E-state index contributed by atoms with van der Waals surface area (Å²) in [7, 11) is -8.09. The molecule has 4 nitrogen and oxygen atoms in total. The number of rotatable bonds is 11. The Balaban J connectivity index is 0. The zero-order chi connectivity index (χ0) is 30.2. The lowest BCUT2D eigenvalue weighted by atomic mass is 9.86. The third kappa shape index (κ3) is 4.32. The predicted molar refractivity (Wildman–Crippen MR) is 72.0 cm³/mol. The normalized spacial score (nSPS) is 16.5. The molecule has 0 atom stereocenters. The fourth-order valence-corrected chi connectivity index (χ4v) is 2.29. The van der Waals surface area contributed by atoms with E-state index in [1.54, 1.807) is 0 Å². The van der Waals surface area contributed by atoms with Crippen LogP contribution in [0.3, 0.4) is 0 Å². The Morgan fingerprint density at radius 2 is 0.622 bits per heavy atom. The zero-order valence-electron chi connectivity index (χ0n) is 16.0. The molecule has 0 bridgehead atoms. The van der Waals surface area contributed by atoms with Crippen LogP contribution in [0, 0.1) is 0 Å². The van der Waals surface area contributed by atoms with Crippen molar-refractivity contribution in [1.82, 2.24) is 6.15 Å². The first-order chi connectivity index (χ1) is 15.1. The van der Waals surface area contributed by atoms with Gasteiger partial charge in [-0.05, 0) is 0 Å². The zero-order valence-corrected chi connectivity index (χ0v) is 16.8. The molecule has 0 aliphatic heterocycles. The molecule has 0 spiro atoms. The second kappa shape index (κ2) is 8.97. The molecule has 226 valence electrons. The van der Waals surface area contributed by atoms with E-state index < -0.39 is 75.4 Å². The van der Waals surface area contributed by atoms with Crippen LogP contribution >= 0.6 is 0 Å². The Hall–Kier alpha value is -1.60. The quantitative estimate of drug-likeness (QED) is 0.207. The summed E-state index contributed by atoms with van der Waals surface area (Å²) in [6.07, 6.45) is 0. The fraction of sp³-hybridized carbons (Fsp3) is 1.00. The first-order valence-electron chi connectivity index (χ1n) is 7.37. The maximum atomic E-state index is 13.4. The molecule has 0 fully saturated rings. The fourth-order valence-electron chi connectivity index (χ4n) is 1.84. The van der Waals surface area contributed by atoms with Crippen molar-refractivity contribution in [2.24, 2.45) is 0 Å². The molecule has 26 heteroatoms. The summed E-state index contributed by atoms with van der Waals surface area (Å²) < 4.78 is 302. The molecule has 0 aliphatic carbocycles. The minimum absolute atomic E-state index is 0. The molecule has 37 heavy (non-hydrogen) atoms. The minimum Gasteiger partial charge on any atom is -0.344 e. The summed E-state index contributed by atoms with van der Waals surface area (Å²) in [5.41, 5.74) is 0. The van der Waals surface area contributed by atoms with E-state index in [1.807, 2.05) is 0 Å². The topological polar surface area (TPSA) is 89.4 Å². The maximum Gasteiger partial charge on any atom is 0.438 e. The van der Waals surface area contributed by atoms with Gasteiger partial charge in [-0.15, -0.1) is 0 Å². The van der Waals surface area contributed by atoms with Crippen LogP contribution in [0.1, 0.15) is 0 Å². The van der Waals surface area contributed by atoms with Gasteiger partial charge in [0.25, 0.3) is 0 Å². The molecular weight excluding hydrogens is 625 g/mol. The molecule has 4 N–H and O–H groups in total. The number of alkyl halides is 21. The van der Waals surface area contributed by atoms with Crippen LogP contribution in [0.25, 0.3) is 0 Å². The van der Waals surface area contributed by atoms with Crippen molar-refractivity contribution in [2.45, 2.75) is 58.6 Å². The molecule has 0 saturated carbocycles. The highest BCUT2D eigenvalue weighted by atomic mass is 32.2. The lowest BCUT2D eigenvalue weighted by Gasteiger charge is -2.44. The van der Waals surface area contributed by atoms with E-state index in [-0.39, 0.29) is 6.15 Å². The van der Waals surface area contributed by atoms with Crippen LogP contribution in [-0.4, -0.2) is 78.2 Å². The smallest absolute Gasteiger partial charge is 0.344 e. The van der Waals surface area contributed by atoms with Crippen LogP contribution in [0.15, 0.2) is 0 Å². The highest BCUT2D eigenvalue weighted by molar-refractivity contribution is 7.87. The molecule has 0 amide bonds. The summed E-state index contributed by atoms with van der Waals surface area (Å²) in [6.45, 7) is -4.17. The standard InChI is InChI=1S/C11H3F21O3S.H3N/c12-1-2(13,14)3(15,16)4(17,18)5(19,20)6(21,22)7(23,24)8(25,26)9(27,28)10(29,30)11(31,32)36(33,34)35;/h1H2,(H,33,34,35);1H3. The molecule has 0 radical (unpaired) electrons. The Kier molecular flexibility index (Phi) is 9.11. The summed E-state index contributed by atoms with van der Waals surface area (Å²) in [4.78, 5) is 0. The average Bonchev–Trinajstić information content (AvgIpc) is 2.65. The van der Waals surface area contributed by atoms with E-state index >= 15 is 0 Å². The Bertz CT molecular complexity index is 941. The Morgan fingerprint density at radius 1 is 0.432 bits per heavy atom. The first-order valence-corrected chi connectivity index (χ1v) is 8.81.